The number of carbonyl (C=O) groups excluding carboxylic acids is 1. The molecule has 1 aliphatic heterocycles. The predicted molar refractivity (Wildman–Crippen MR) is 85.6 cm³/mol. The Morgan fingerprint density at radius 2 is 2.05 bits per heavy atom. The first kappa shape index (κ1) is 16.2. The molecule has 1 atom stereocenters. The third-order valence-electron chi connectivity index (χ3n) is 4.20. The molecule has 1 heterocycles. The van der Waals surface area contributed by atoms with Crippen LogP contribution in [0.4, 0.5) is 0 Å². The minimum Gasteiger partial charge on any atom is -0.377 e. The topological polar surface area (TPSA) is 29.5 Å². The van der Waals surface area contributed by atoms with Gasteiger partial charge in [0, 0.05) is 30.7 Å². The van der Waals surface area contributed by atoms with E-state index in [9.17, 15) is 4.79 Å². The van der Waals surface area contributed by atoms with Gasteiger partial charge in [-0.1, -0.05) is 51.1 Å². The maximum atomic E-state index is 12.7. The minimum absolute atomic E-state index is 0.217. The third kappa shape index (κ3) is 4.39. The largest absolute Gasteiger partial charge is 0.377 e. The van der Waals surface area contributed by atoms with Gasteiger partial charge in [-0.2, -0.15) is 0 Å². The summed E-state index contributed by atoms with van der Waals surface area (Å²) in [7, 11) is 0. The lowest BCUT2D eigenvalue weighted by molar-refractivity contribution is 0.0543. The summed E-state index contributed by atoms with van der Waals surface area (Å²) in [6.07, 6.45) is 2.64. The molecule has 3 heteroatoms. The van der Waals surface area contributed by atoms with Crippen molar-refractivity contribution in [3.05, 3.63) is 35.9 Å². The van der Waals surface area contributed by atoms with Gasteiger partial charge in [-0.3, -0.25) is 4.79 Å². The second-order valence-electron chi connectivity index (χ2n) is 6.54. The van der Waals surface area contributed by atoms with Crippen LogP contribution in [0.25, 0.3) is 0 Å². The monoisotopic (exact) mass is 289 g/mol. The lowest BCUT2D eigenvalue weighted by Gasteiger charge is -2.32. The van der Waals surface area contributed by atoms with Crippen molar-refractivity contribution in [1.82, 2.24) is 4.90 Å². The summed E-state index contributed by atoms with van der Waals surface area (Å²) in [5.74, 6) is 0.217. The van der Waals surface area contributed by atoms with Crippen molar-refractivity contribution >= 4 is 5.78 Å². The third-order valence-corrected chi connectivity index (χ3v) is 4.20. The second kappa shape index (κ2) is 7.19. The molecule has 0 saturated carbocycles. The van der Waals surface area contributed by atoms with Crippen molar-refractivity contribution in [2.75, 3.05) is 26.2 Å². The number of ketones is 1. The van der Waals surface area contributed by atoms with Gasteiger partial charge in [-0.15, -0.1) is 0 Å². The number of nitrogens with zero attached hydrogens (tertiary/aromatic N) is 1. The second-order valence-corrected chi connectivity index (χ2v) is 6.54. The quantitative estimate of drug-likeness (QED) is 0.721. The average Bonchev–Trinajstić information content (AvgIpc) is 2.99. The molecule has 0 aliphatic carbocycles. The maximum Gasteiger partial charge on any atom is 0.169 e. The average molecular weight is 289 g/mol. The van der Waals surface area contributed by atoms with Gasteiger partial charge in [0.2, 0.25) is 0 Å². The van der Waals surface area contributed by atoms with Gasteiger partial charge in [-0.25, -0.2) is 0 Å². The van der Waals surface area contributed by atoms with Crippen LogP contribution in [0.3, 0.4) is 0 Å². The number of carbonyl (C=O) groups is 1. The van der Waals surface area contributed by atoms with Crippen molar-refractivity contribution in [3.8, 4) is 0 Å². The Morgan fingerprint density at radius 1 is 1.33 bits per heavy atom. The SMILES string of the molecule is CCN(CC1CCCO1)CC(C)(C)C(=O)c1ccccc1. The lowest BCUT2D eigenvalue weighted by Crippen LogP contribution is -2.42. The summed E-state index contributed by atoms with van der Waals surface area (Å²) < 4.78 is 5.72. The van der Waals surface area contributed by atoms with Crippen LogP contribution in [0.15, 0.2) is 30.3 Å². The van der Waals surface area contributed by atoms with Crippen LogP contribution in [-0.4, -0.2) is 43.0 Å². The van der Waals surface area contributed by atoms with Crippen molar-refractivity contribution in [1.29, 1.82) is 0 Å². The molecule has 1 aromatic rings. The van der Waals surface area contributed by atoms with E-state index < -0.39 is 0 Å². The van der Waals surface area contributed by atoms with Crippen LogP contribution in [-0.2, 0) is 4.74 Å². The van der Waals surface area contributed by atoms with E-state index in [1.165, 1.54) is 0 Å². The molecule has 0 aromatic heterocycles. The number of hydrogen-bond acceptors (Lipinski definition) is 3. The Kier molecular flexibility index (Phi) is 5.54. The van der Waals surface area contributed by atoms with Crippen LogP contribution in [0.5, 0.6) is 0 Å². The Hall–Kier alpha value is -1.19. The van der Waals surface area contributed by atoms with Gasteiger partial charge < -0.3 is 9.64 Å². The number of likely N-dealkylation sites (N-methyl/N-ethyl adjacent to an activating group) is 1. The van der Waals surface area contributed by atoms with Crippen molar-refractivity contribution in [2.24, 2.45) is 5.41 Å². The highest BCUT2D eigenvalue weighted by molar-refractivity contribution is 6.00. The Labute approximate surface area is 128 Å². The fourth-order valence-electron chi connectivity index (χ4n) is 2.99. The fraction of sp³-hybridized carbons (Fsp3) is 0.611. The zero-order valence-electron chi connectivity index (χ0n) is 13.5. The first-order valence-electron chi connectivity index (χ1n) is 7.97. The molecule has 0 N–H and O–H groups in total. The van der Waals surface area contributed by atoms with E-state index in [0.717, 1.165) is 44.6 Å². The highest BCUT2D eigenvalue weighted by Gasteiger charge is 2.31. The minimum atomic E-state index is -0.379. The Balaban J connectivity index is 1.98. The van der Waals surface area contributed by atoms with E-state index in [1.807, 2.05) is 44.2 Å². The van der Waals surface area contributed by atoms with Gasteiger partial charge in [0.05, 0.1) is 6.10 Å². The molecule has 1 aromatic carbocycles. The van der Waals surface area contributed by atoms with E-state index in [1.54, 1.807) is 0 Å². The summed E-state index contributed by atoms with van der Waals surface area (Å²) in [6.45, 7) is 9.78. The zero-order valence-corrected chi connectivity index (χ0v) is 13.5. The van der Waals surface area contributed by atoms with Crippen LogP contribution < -0.4 is 0 Å². The molecule has 0 radical (unpaired) electrons. The van der Waals surface area contributed by atoms with E-state index in [0.29, 0.717) is 6.10 Å². The smallest absolute Gasteiger partial charge is 0.169 e. The molecule has 0 spiro atoms. The zero-order chi connectivity index (χ0) is 15.3. The Morgan fingerprint density at radius 3 is 2.62 bits per heavy atom. The number of hydrogen-bond donors (Lipinski definition) is 0. The van der Waals surface area contributed by atoms with E-state index in [2.05, 4.69) is 11.8 Å². The van der Waals surface area contributed by atoms with Crippen molar-refractivity contribution in [3.63, 3.8) is 0 Å². The summed E-state index contributed by atoms with van der Waals surface area (Å²) in [5.41, 5.74) is 0.423. The van der Waals surface area contributed by atoms with Gasteiger partial charge in [0.1, 0.15) is 0 Å². The van der Waals surface area contributed by atoms with Crippen molar-refractivity contribution < 1.29 is 9.53 Å². The van der Waals surface area contributed by atoms with E-state index in [4.69, 9.17) is 4.74 Å². The number of rotatable bonds is 7. The van der Waals surface area contributed by atoms with Gasteiger partial charge >= 0.3 is 0 Å². The number of ether oxygens (including phenoxy) is 1. The molecule has 21 heavy (non-hydrogen) atoms. The highest BCUT2D eigenvalue weighted by atomic mass is 16.5. The molecule has 116 valence electrons. The van der Waals surface area contributed by atoms with Crippen LogP contribution in [0.2, 0.25) is 0 Å². The predicted octanol–water partition coefficient (Wildman–Crippen LogP) is 3.40. The number of Topliss-reactive ketones (excluding diaryl/α,β-unsaturated/α-hetero) is 1. The fourth-order valence-corrected chi connectivity index (χ4v) is 2.99. The van der Waals surface area contributed by atoms with Crippen molar-refractivity contribution in [2.45, 2.75) is 39.7 Å². The summed E-state index contributed by atoms with van der Waals surface area (Å²) in [5, 5.41) is 0. The first-order valence-corrected chi connectivity index (χ1v) is 7.97. The molecule has 3 nitrogen and oxygen atoms in total. The first-order chi connectivity index (χ1) is 10.0. The molecule has 1 fully saturated rings. The van der Waals surface area contributed by atoms with Crippen LogP contribution in [0, 0.1) is 5.41 Å². The Bertz CT molecular complexity index is 450. The summed E-state index contributed by atoms with van der Waals surface area (Å²) in [6, 6.07) is 9.60. The molecular weight excluding hydrogens is 262 g/mol. The maximum absolute atomic E-state index is 12.7. The molecule has 2 rings (SSSR count). The molecule has 0 amide bonds. The van der Waals surface area contributed by atoms with E-state index >= 15 is 0 Å². The standard InChI is InChI=1S/C18H27NO2/c1-4-19(13-16-11-8-12-21-16)14-18(2,3)17(20)15-9-6-5-7-10-15/h5-7,9-10,16H,4,8,11-14H2,1-3H3. The van der Waals surface area contributed by atoms with Crippen LogP contribution in [0.1, 0.15) is 44.0 Å². The summed E-state index contributed by atoms with van der Waals surface area (Å²) in [4.78, 5) is 15.0. The van der Waals surface area contributed by atoms with Gasteiger partial charge in [0.15, 0.2) is 5.78 Å². The molecule has 1 unspecified atom stereocenters. The summed E-state index contributed by atoms with van der Waals surface area (Å²) >= 11 is 0. The van der Waals surface area contributed by atoms with Gasteiger partial charge in [0.25, 0.3) is 0 Å². The van der Waals surface area contributed by atoms with Gasteiger partial charge in [-0.05, 0) is 19.4 Å². The molecule has 0 bridgehead atoms. The number of benzene rings is 1. The molecule has 1 aliphatic rings. The molecule has 1 saturated heterocycles. The normalized spacial score (nSPS) is 19.1. The van der Waals surface area contributed by atoms with Crippen LogP contribution >= 0.6 is 0 Å². The lowest BCUT2D eigenvalue weighted by atomic mass is 9.83. The highest BCUT2D eigenvalue weighted by Crippen LogP contribution is 2.24. The molecular formula is C18H27NO2. The van der Waals surface area contributed by atoms with E-state index in [-0.39, 0.29) is 11.2 Å².